The van der Waals surface area contributed by atoms with E-state index in [1.165, 1.54) is 16.0 Å². The van der Waals surface area contributed by atoms with Gasteiger partial charge >= 0.3 is 0 Å². The smallest absolute Gasteiger partial charge is 0.234 e. The monoisotopic (exact) mass is 330 g/mol. The molecule has 0 unspecified atom stereocenters. The molecule has 1 heterocycles. The molecule has 0 spiro atoms. The highest BCUT2D eigenvalue weighted by Gasteiger charge is 2.16. The second kappa shape index (κ2) is 8.85. The molecule has 0 radical (unpaired) electrons. The highest BCUT2D eigenvalue weighted by molar-refractivity contribution is 7.10. The summed E-state index contributed by atoms with van der Waals surface area (Å²) in [6.45, 7) is 6.61. The van der Waals surface area contributed by atoms with E-state index < -0.39 is 0 Å². The van der Waals surface area contributed by atoms with Crippen LogP contribution in [0.4, 0.5) is 0 Å². The van der Waals surface area contributed by atoms with Crippen molar-refractivity contribution in [1.29, 1.82) is 0 Å². The average Bonchev–Trinajstić information content (AvgIpc) is 3.08. The van der Waals surface area contributed by atoms with E-state index in [0.717, 1.165) is 12.8 Å². The minimum Gasteiger partial charge on any atom is -0.352 e. The maximum absolute atomic E-state index is 12.2. The third kappa shape index (κ3) is 5.19. The second-order valence-corrected chi connectivity index (χ2v) is 6.80. The van der Waals surface area contributed by atoms with E-state index >= 15 is 0 Å². The number of nitrogens with one attached hydrogen (secondary N) is 2. The molecule has 0 aliphatic carbocycles. The molecule has 1 atom stereocenters. The van der Waals surface area contributed by atoms with Crippen LogP contribution >= 0.6 is 11.3 Å². The Labute approximate surface area is 143 Å². The van der Waals surface area contributed by atoms with Crippen molar-refractivity contribution >= 4 is 17.2 Å². The summed E-state index contributed by atoms with van der Waals surface area (Å²) in [7, 11) is 0. The number of benzene rings is 1. The summed E-state index contributed by atoms with van der Waals surface area (Å²) in [6.07, 6.45) is 1.93. The van der Waals surface area contributed by atoms with Crippen LogP contribution in [0.1, 0.15) is 48.7 Å². The Morgan fingerprint density at radius 1 is 1.13 bits per heavy atom. The van der Waals surface area contributed by atoms with Gasteiger partial charge in [0.2, 0.25) is 5.91 Å². The molecule has 124 valence electrons. The van der Waals surface area contributed by atoms with Crippen LogP contribution in [0.25, 0.3) is 0 Å². The molecule has 4 heteroatoms. The van der Waals surface area contributed by atoms with Crippen LogP contribution in [0, 0.1) is 6.92 Å². The Balaban J connectivity index is 2.04. The Morgan fingerprint density at radius 2 is 1.83 bits per heavy atom. The van der Waals surface area contributed by atoms with E-state index in [-0.39, 0.29) is 18.0 Å². The van der Waals surface area contributed by atoms with Crippen LogP contribution in [0.2, 0.25) is 0 Å². The summed E-state index contributed by atoms with van der Waals surface area (Å²) < 4.78 is 0. The van der Waals surface area contributed by atoms with Gasteiger partial charge in [0.15, 0.2) is 0 Å². The first-order chi connectivity index (χ1) is 11.1. The number of rotatable bonds is 8. The van der Waals surface area contributed by atoms with Gasteiger partial charge in [-0.15, -0.1) is 11.3 Å². The van der Waals surface area contributed by atoms with Crippen LogP contribution in [-0.2, 0) is 4.79 Å². The molecule has 0 aliphatic rings. The summed E-state index contributed by atoms with van der Waals surface area (Å²) in [5.41, 5.74) is 2.43. The van der Waals surface area contributed by atoms with Crippen LogP contribution < -0.4 is 10.6 Å². The maximum Gasteiger partial charge on any atom is 0.234 e. The Hall–Kier alpha value is -1.65. The van der Waals surface area contributed by atoms with Gasteiger partial charge in [-0.2, -0.15) is 0 Å². The Morgan fingerprint density at radius 3 is 2.39 bits per heavy atom. The minimum absolute atomic E-state index is 0.0584. The minimum atomic E-state index is 0.0584. The number of hydrogen-bond acceptors (Lipinski definition) is 3. The van der Waals surface area contributed by atoms with E-state index in [2.05, 4.69) is 67.1 Å². The van der Waals surface area contributed by atoms with Crippen LogP contribution in [0.3, 0.4) is 0 Å². The molecule has 0 aliphatic heterocycles. The van der Waals surface area contributed by atoms with Crippen molar-refractivity contribution in [3.05, 3.63) is 57.8 Å². The highest BCUT2D eigenvalue weighted by Crippen LogP contribution is 2.26. The van der Waals surface area contributed by atoms with E-state index in [9.17, 15) is 4.79 Å². The van der Waals surface area contributed by atoms with Crippen molar-refractivity contribution in [2.45, 2.75) is 45.7 Å². The summed E-state index contributed by atoms with van der Waals surface area (Å²) in [5, 5.41) is 8.56. The zero-order valence-electron chi connectivity index (χ0n) is 14.1. The SMILES string of the molecule is CCC(CC)NC(=O)CN[C@@H](c1ccc(C)cc1)c1cccs1. The average molecular weight is 330 g/mol. The Kier molecular flexibility index (Phi) is 6.81. The lowest BCUT2D eigenvalue weighted by Crippen LogP contribution is -2.40. The Bertz CT molecular complexity index is 588. The fraction of sp³-hybridized carbons (Fsp3) is 0.421. The molecular formula is C19H26N2OS. The second-order valence-electron chi connectivity index (χ2n) is 5.82. The summed E-state index contributed by atoms with van der Waals surface area (Å²) in [5.74, 6) is 0.0624. The number of thiophene rings is 1. The summed E-state index contributed by atoms with van der Waals surface area (Å²) in [6, 6.07) is 13.0. The lowest BCUT2D eigenvalue weighted by molar-refractivity contribution is -0.121. The van der Waals surface area contributed by atoms with Gasteiger partial charge in [0, 0.05) is 10.9 Å². The van der Waals surface area contributed by atoms with E-state index in [4.69, 9.17) is 0 Å². The lowest BCUT2D eigenvalue weighted by Gasteiger charge is -2.20. The third-order valence-electron chi connectivity index (χ3n) is 4.06. The van der Waals surface area contributed by atoms with Gasteiger partial charge in [0.05, 0.1) is 12.6 Å². The first kappa shape index (κ1) is 17.7. The van der Waals surface area contributed by atoms with Gasteiger partial charge in [-0.3, -0.25) is 10.1 Å². The van der Waals surface area contributed by atoms with Crippen LogP contribution in [0.5, 0.6) is 0 Å². The molecule has 23 heavy (non-hydrogen) atoms. The van der Waals surface area contributed by atoms with Crippen molar-refractivity contribution in [3.8, 4) is 0 Å². The molecule has 1 aromatic carbocycles. The summed E-state index contributed by atoms with van der Waals surface area (Å²) in [4.78, 5) is 13.4. The molecule has 2 rings (SSSR count). The summed E-state index contributed by atoms with van der Waals surface area (Å²) >= 11 is 1.71. The van der Waals surface area contributed by atoms with Crippen molar-refractivity contribution in [3.63, 3.8) is 0 Å². The van der Waals surface area contributed by atoms with E-state index in [0.29, 0.717) is 6.54 Å². The number of carbonyl (C=O) groups excluding carboxylic acids is 1. The number of aryl methyl sites for hydroxylation is 1. The fourth-order valence-corrected chi connectivity index (χ4v) is 3.39. The van der Waals surface area contributed by atoms with Gasteiger partial charge < -0.3 is 5.32 Å². The standard InChI is InChI=1S/C19H26N2OS/c1-4-16(5-2)21-18(22)13-20-19(17-7-6-12-23-17)15-10-8-14(3)9-11-15/h6-12,16,19-20H,4-5,13H2,1-3H3,(H,21,22)/t19-/m0/s1. The molecule has 0 saturated carbocycles. The lowest BCUT2D eigenvalue weighted by atomic mass is 10.0. The fourth-order valence-electron chi connectivity index (χ4n) is 2.56. The van der Waals surface area contributed by atoms with Crippen molar-refractivity contribution in [2.75, 3.05) is 6.54 Å². The first-order valence-corrected chi connectivity index (χ1v) is 9.14. The predicted octanol–water partition coefficient (Wildman–Crippen LogP) is 4.04. The van der Waals surface area contributed by atoms with E-state index in [1.807, 2.05) is 6.07 Å². The molecule has 1 aromatic heterocycles. The molecular weight excluding hydrogens is 304 g/mol. The van der Waals surface area contributed by atoms with Gasteiger partial charge in [-0.25, -0.2) is 0 Å². The molecule has 2 aromatic rings. The quantitative estimate of drug-likeness (QED) is 0.767. The van der Waals surface area contributed by atoms with Crippen molar-refractivity contribution < 1.29 is 4.79 Å². The molecule has 3 nitrogen and oxygen atoms in total. The van der Waals surface area contributed by atoms with Gasteiger partial charge in [0.1, 0.15) is 0 Å². The van der Waals surface area contributed by atoms with Gasteiger partial charge in [0.25, 0.3) is 0 Å². The van der Waals surface area contributed by atoms with Crippen molar-refractivity contribution in [1.82, 2.24) is 10.6 Å². The van der Waals surface area contributed by atoms with Gasteiger partial charge in [-0.1, -0.05) is 49.7 Å². The third-order valence-corrected chi connectivity index (χ3v) is 4.99. The highest BCUT2D eigenvalue weighted by atomic mass is 32.1. The topological polar surface area (TPSA) is 41.1 Å². The van der Waals surface area contributed by atoms with Crippen LogP contribution in [0.15, 0.2) is 41.8 Å². The largest absolute Gasteiger partial charge is 0.352 e. The number of hydrogen-bond donors (Lipinski definition) is 2. The maximum atomic E-state index is 12.2. The molecule has 2 N–H and O–H groups in total. The molecule has 0 fully saturated rings. The van der Waals surface area contributed by atoms with Gasteiger partial charge in [-0.05, 0) is 36.8 Å². The van der Waals surface area contributed by atoms with E-state index in [1.54, 1.807) is 11.3 Å². The number of amides is 1. The van der Waals surface area contributed by atoms with Crippen molar-refractivity contribution in [2.24, 2.45) is 0 Å². The zero-order valence-corrected chi connectivity index (χ0v) is 15.0. The molecule has 1 amide bonds. The first-order valence-electron chi connectivity index (χ1n) is 8.26. The normalized spacial score (nSPS) is 12.3. The zero-order chi connectivity index (χ0) is 16.7. The molecule has 0 bridgehead atoms. The van der Waals surface area contributed by atoms with Crippen LogP contribution in [-0.4, -0.2) is 18.5 Å². The number of carbonyl (C=O) groups is 1. The molecule has 0 saturated heterocycles. The predicted molar refractivity (Wildman–Crippen MR) is 97.9 cm³/mol.